The van der Waals surface area contributed by atoms with Crippen LogP contribution in [0.1, 0.15) is 11.1 Å². The molecule has 186 valence electrons. The van der Waals surface area contributed by atoms with E-state index in [0.29, 0.717) is 16.9 Å². The minimum atomic E-state index is -4.66. The van der Waals surface area contributed by atoms with Gasteiger partial charge in [0, 0.05) is 34.2 Å². The Kier molecular flexibility index (Phi) is 6.91. The first kappa shape index (κ1) is 25.3. The lowest BCUT2D eigenvalue weighted by molar-refractivity contribution is -0.137. The average Bonchev–Trinajstić information content (AvgIpc) is 3.21. The molecule has 0 saturated carbocycles. The van der Waals surface area contributed by atoms with E-state index in [-0.39, 0.29) is 5.69 Å². The number of urea groups is 1. The molecule has 2 amide bonds. The molecule has 0 unspecified atom stereocenters. The number of para-hydroxylation sites is 1. The second kappa shape index (κ2) is 10.1. The van der Waals surface area contributed by atoms with Gasteiger partial charge < -0.3 is 20.3 Å². The number of carboxylic acid groups (broad SMARTS) is 1. The second-order valence-electron chi connectivity index (χ2n) is 7.76. The van der Waals surface area contributed by atoms with Gasteiger partial charge in [0.15, 0.2) is 0 Å². The predicted molar refractivity (Wildman–Crippen MR) is 134 cm³/mol. The number of aliphatic carboxylic acids is 1. The highest BCUT2D eigenvalue weighted by molar-refractivity contribution is 6.31. The maximum atomic E-state index is 13.0. The number of aromatic nitrogens is 1. The van der Waals surface area contributed by atoms with E-state index in [0.717, 1.165) is 23.0 Å². The van der Waals surface area contributed by atoms with Crippen LogP contribution in [0.2, 0.25) is 5.02 Å². The maximum Gasteiger partial charge on any atom is 0.417 e. The van der Waals surface area contributed by atoms with Gasteiger partial charge in [0.05, 0.1) is 16.1 Å². The van der Waals surface area contributed by atoms with Crippen LogP contribution in [0, 0.1) is 11.3 Å². The van der Waals surface area contributed by atoms with E-state index in [4.69, 9.17) is 16.9 Å². The van der Waals surface area contributed by atoms with E-state index in [1.54, 1.807) is 53.2 Å². The zero-order valence-electron chi connectivity index (χ0n) is 18.7. The number of nitrogens with zero attached hydrogens (tertiary/aromatic N) is 2. The Morgan fingerprint density at radius 1 is 1.00 bits per heavy atom. The number of rotatable bonds is 5. The van der Waals surface area contributed by atoms with Crippen molar-refractivity contribution in [2.24, 2.45) is 0 Å². The van der Waals surface area contributed by atoms with Crippen LogP contribution in [0.15, 0.2) is 78.5 Å². The maximum absolute atomic E-state index is 13.0. The van der Waals surface area contributed by atoms with Crippen molar-refractivity contribution in [1.29, 1.82) is 5.26 Å². The van der Waals surface area contributed by atoms with Gasteiger partial charge in [0.1, 0.15) is 11.6 Å². The number of nitriles is 1. The second-order valence-corrected chi connectivity index (χ2v) is 8.17. The van der Waals surface area contributed by atoms with Crippen LogP contribution < -0.4 is 10.6 Å². The molecule has 0 saturated heterocycles. The molecule has 7 nitrogen and oxygen atoms in total. The number of anilines is 2. The highest BCUT2D eigenvalue weighted by atomic mass is 35.5. The lowest BCUT2D eigenvalue weighted by Crippen LogP contribution is -2.20. The molecule has 0 radical (unpaired) electrons. The third-order valence-electron chi connectivity index (χ3n) is 5.33. The summed E-state index contributed by atoms with van der Waals surface area (Å²) in [4.78, 5) is 23.6. The molecule has 4 rings (SSSR count). The highest BCUT2D eigenvalue weighted by Gasteiger charge is 2.33. The smallest absolute Gasteiger partial charge is 0.417 e. The van der Waals surface area contributed by atoms with Crippen molar-refractivity contribution in [3.8, 4) is 11.8 Å². The summed E-state index contributed by atoms with van der Waals surface area (Å²) in [6.45, 7) is 0. The summed E-state index contributed by atoms with van der Waals surface area (Å²) in [5.41, 5.74) is 0.814. The molecule has 0 aliphatic rings. The number of hydrogen-bond acceptors (Lipinski definition) is 3. The zero-order chi connectivity index (χ0) is 26.7. The van der Waals surface area contributed by atoms with Crippen LogP contribution in [0.5, 0.6) is 0 Å². The van der Waals surface area contributed by atoms with E-state index in [1.807, 2.05) is 12.1 Å². The van der Waals surface area contributed by atoms with Crippen molar-refractivity contribution in [3.63, 3.8) is 0 Å². The fourth-order valence-electron chi connectivity index (χ4n) is 3.65. The Labute approximate surface area is 213 Å². The first-order chi connectivity index (χ1) is 17.6. The van der Waals surface area contributed by atoms with Crippen LogP contribution in [0.3, 0.4) is 0 Å². The number of hydrogen-bond donors (Lipinski definition) is 3. The van der Waals surface area contributed by atoms with Crippen molar-refractivity contribution < 1.29 is 27.9 Å². The number of carboxylic acids is 1. The monoisotopic (exact) mass is 524 g/mol. The summed E-state index contributed by atoms with van der Waals surface area (Å²) in [5.74, 6) is -1.33. The molecule has 0 bridgehead atoms. The van der Waals surface area contributed by atoms with E-state index in [2.05, 4.69) is 10.6 Å². The normalized spacial score (nSPS) is 11.7. The van der Waals surface area contributed by atoms with Crippen molar-refractivity contribution >= 4 is 52.0 Å². The molecule has 0 spiro atoms. The Morgan fingerprint density at radius 3 is 2.30 bits per heavy atom. The van der Waals surface area contributed by atoms with Crippen LogP contribution in [0.25, 0.3) is 22.7 Å². The minimum Gasteiger partial charge on any atom is -0.477 e. The first-order valence-corrected chi connectivity index (χ1v) is 10.9. The third-order valence-corrected chi connectivity index (χ3v) is 5.66. The number of amides is 2. The number of fused-ring (bicyclic) bond motifs is 1. The molecule has 37 heavy (non-hydrogen) atoms. The molecular weight excluding hydrogens is 509 g/mol. The summed E-state index contributed by atoms with van der Waals surface area (Å²) >= 11 is 5.60. The molecule has 0 aliphatic heterocycles. The quantitative estimate of drug-likeness (QED) is 0.194. The van der Waals surface area contributed by atoms with E-state index >= 15 is 0 Å². The number of carbonyl (C=O) groups is 2. The Morgan fingerprint density at radius 2 is 1.65 bits per heavy atom. The van der Waals surface area contributed by atoms with Gasteiger partial charge in [-0.15, -0.1) is 0 Å². The zero-order valence-corrected chi connectivity index (χ0v) is 19.4. The summed E-state index contributed by atoms with van der Waals surface area (Å²) in [7, 11) is 0. The largest absolute Gasteiger partial charge is 0.477 e. The number of alkyl halides is 3. The van der Waals surface area contributed by atoms with E-state index in [1.165, 1.54) is 12.1 Å². The molecule has 4 aromatic rings. The average molecular weight is 525 g/mol. The SMILES string of the molecule is N#C/C(=C\c1cn(-c2ccc(NC(=O)Nc3ccc(Cl)c(C(F)(F)F)c3)cc2)c2ccccc12)C(=O)O. The molecule has 0 atom stereocenters. The summed E-state index contributed by atoms with van der Waals surface area (Å²) in [6, 6.07) is 17.8. The standard InChI is InChI=1S/C26H16ClF3N4O3/c27-22-10-7-18(12-21(22)26(28,29)30)33-25(37)32-17-5-8-19(9-6-17)34-14-16(11-15(13-31)24(35)36)20-3-1-2-4-23(20)34/h1-12,14H,(H,35,36)(H2,32,33,37)/b15-11+. The summed E-state index contributed by atoms with van der Waals surface area (Å²) < 4.78 is 40.9. The number of nitrogens with one attached hydrogen (secondary N) is 2. The van der Waals surface area contributed by atoms with Crippen LogP contribution >= 0.6 is 11.6 Å². The molecule has 0 aliphatic carbocycles. The van der Waals surface area contributed by atoms with Gasteiger partial charge in [0.2, 0.25) is 0 Å². The predicted octanol–water partition coefficient (Wildman–Crippen LogP) is 6.94. The highest BCUT2D eigenvalue weighted by Crippen LogP contribution is 2.36. The molecular formula is C26H16ClF3N4O3. The van der Waals surface area contributed by atoms with Gasteiger partial charge in [-0.2, -0.15) is 18.4 Å². The van der Waals surface area contributed by atoms with Crippen molar-refractivity contribution in [3.05, 3.63) is 94.6 Å². The van der Waals surface area contributed by atoms with Crippen molar-refractivity contribution in [2.75, 3.05) is 10.6 Å². The van der Waals surface area contributed by atoms with Crippen LogP contribution in [-0.2, 0) is 11.0 Å². The fraction of sp³-hybridized carbons (Fsp3) is 0.0385. The molecule has 1 aromatic heterocycles. The van der Waals surface area contributed by atoms with Crippen LogP contribution in [-0.4, -0.2) is 21.7 Å². The molecule has 0 fully saturated rings. The topological polar surface area (TPSA) is 107 Å². The number of halogens is 4. The lowest BCUT2D eigenvalue weighted by Gasteiger charge is -2.13. The summed E-state index contributed by atoms with van der Waals surface area (Å²) in [5, 5.41) is 23.5. The van der Waals surface area contributed by atoms with Gasteiger partial charge in [-0.3, -0.25) is 0 Å². The van der Waals surface area contributed by atoms with Gasteiger partial charge in [-0.1, -0.05) is 29.8 Å². The van der Waals surface area contributed by atoms with Gasteiger partial charge in [-0.05, 0) is 54.6 Å². The van der Waals surface area contributed by atoms with Crippen molar-refractivity contribution in [1.82, 2.24) is 4.57 Å². The van der Waals surface area contributed by atoms with Gasteiger partial charge >= 0.3 is 18.2 Å². The fourth-order valence-corrected chi connectivity index (χ4v) is 3.88. The third kappa shape index (κ3) is 5.58. The lowest BCUT2D eigenvalue weighted by atomic mass is 10.1. The minimum absolute atomic E-state index is 0.0802. The van der Waals surface area contributed by atoms with E-state index in [9.17, 15) is 27.9 Å². The Bertz CT molecular complexity index is 1590. The Hall–Kier alpha value is -4.75. The van der Waals surface area contributed by atoms with Crippen LogP contribution in [0.4, 0.5) is 29.3 Å². The number of carbonyl (C=O) groups excluding carboxylic acids is 1. The van der Waals surface area contributed by atoms with E-state index < -0.39 is 34.3 Å². The summed E-state index contributed by atoms with van der Waals surface area (Å²) in [6.07, 6.45) is -1.68. The van der Waals surface area contributed by atoms with Crippen molar-refractivity contribution in [2.45, 2.75) is 6.18 Å². The first-order valence-electron chi connectivity index (χ1n) is 10.6. The molecule has 11 heteroatoms. The Balaban J connectivity index is 1.55. The molecule has 1 heterocycles. The van der Waals surface area contributed by atoms with Gasteiger partial charge in [-0.25, -0.2) is 9.59 Å². The number of benzene rings is 3. The molecule has 3 N–H and O–H groups in total. The molecule has 3 aromatic carbocycles. The van der Waals surface area contributed by atoms with Gasteiger partial charge in [0.25, 0.3) is 0 Å².